The molecule has 7 nitrogen and oxygen atoms in total. The predicted octanol–water partition coefficient (Wildman–Crippen LogP) is 5.24. The first-order chi connectivity index (χ1) is 15.0. The molecule has 1 fully saturated rings. The number of hydrogen-bond acceptors (Lipinski definition) is 3. The van der Waals surface area contributed by atoms with Crippen molar-refractivity contribution in [3.63, 3.8) is 0 Å². The van der Waals surface area contributed by atoms with Gasteiger partial charge in [0.2, 0.25) is 5.91 Å². The number of amidine groups is 1. The molecule has 0 bridgehead atoms. The monoisotopic (exact) mass is 441 g/mol. The van der Waals surface area contributed by atoms with Crippen LogP contribution >= 0.6 is 11.6 Å². The summed E-state index contributed by atoms with van der Waals surface area (Å²) in [5, 5.41) is 17.0. The third-order valence-corrected chi connectivity index (χ3v) is 5.37. The highest BCUT2D eigenvalue weighted by molar-refractivity contribution is 6.30. The molecule has 1 aliphatic heterocycles. The van der Waals surface area contributed by atoms with Crippen LogP contribution in [-0.4, -0.2) is 30.4 Å². The average molecular weight is 442 g/mol. The second-order valence-electron chi connectivity index (χ2n) is 7.54. The van der Waals surface area contributed by atoms with Gasteiger partial charge in [-0.25, -0.2) is 4.79 Å². The Morgan fingerprint density at radius 1 is 1.03 bits per heavy atom. The van der Waals surface area contributed by atoms with Crippen molar-refractivity contribution in [3.05, 3.63) is 53.6 Å². The fourth-order valence-corrected chi connectivity index (χ4v) is 3.61. The van der Waals surface area contributed by atoms with Crippen LogP contribution in [0.25, 0.3) is 0 Å². The number of urea groups is 1. The molecule has 0 saturated carbocycles. The SMILES string of the molecule is CCC[C@@H](NC(=O)Nc1ccc(Cl)cc1)C(=O)Nc1ccc(N2CCCCC2=N)cc1. The van der Waals surface area contributed by atoms with E-state index in [0.29, 0.717) is 28.7 Å². The quantitative estimate of drug-likeness (QED) is 0.473. The van der Waals surface area contributed by atoms with Crippen molar-refractivity contribution in [2.75, 3.05) is 22.1 Å². The first kappa shape index (κ1) is 22.6. The van der Waals surface area contributed by atoms with Crippen LogP contribution in [0.1, 0.15) is 39.0 Å². The number of nitrogens with zero attached hydrogens (tertiary/aromatic N) is 1. The topological polar surface area (TPSA) is 97.3 Å². The number of anilines is 3. The van der Waals surface area contributed by atoms with Gasteiger partial charge in [0.05, 0.1) is 0 Å². The minimum absolute atomic E-state index is 0.272. The highest BCUT2D eigenvalue weighted by Crippen LogP contribution is 2.23. The molecule has 3 amide bonds. The molecule has 1 aliphatic rings. The molecule has 0 spiro atoms. The Balaban J connectivity index is 1.58. The van der Waals surface area contributed by atoms with E-state index in [1.165, 1.54) is 0 Å². The molecule has 0 radical (unpaired) electrons. The van der Waals surface area contributed by atoms with Crippen LogP contribution in [0.3, 0.4) is 0 Å². The molecule has 0 aliphatic carbocycles. The maximum atomic E-state index is 12.8. The minimum Gasteiger partial charge on any atom is -0.330 e. The molecule has 2 aromatic rings. The minimum atomic E-state index is -0.660. The van der Waals surface area contributed by atoms with E-state index >= 15 is 0 Å². The molecule has 4 N–H and O–H groups in total. The number of halogens is 1. The van der Waals surface area contributed by atoms with Crippen molar-refractivity contribution in [1.82, 2.24) is 5.32 Å². The fourth-order valence-electron chi connectivity index (χ4n) is 3.49. The van der Waals surface area contributed by atoms with Gasteiger partial charge < -0.3 is 20.9 Å². The van der Waals surface area contributed by atoms with Gasteiger partial charge in [0, 0.05) is 35.1 Å². The number of nitrogens with one attached hydrogen (secondary N) is 4. The second kappa shape index (κ2) is 10.8. The summed E-state index contributed by atoms with van der Waals surface area (Å²) in [6, 6.07) is 13.1. The zero-order chi connectivity index (χ0) is 22.2. The lowest BCUT2D eigenvalue weighted by Crippen LogP contribution is -2.45. The molecule has 0 aromatic heterocycles. The lowest BCUT2D eigenvalue weighted by molar-refractivity contribution is -0.118. The Hall–Kier alpha value is -3.06. The lowest BCUT2D eigenvalue weighted by atomic mass is 10.1. The lowest BCUT2D eigenvalue weighted by Gasteiger charge is -2.29. The molecule has 2 aromatic carbocycles. The summed E-state index contributed by atoms with van der Waals surface area (Å²) in [5.41, 5.74) is 2.20. The van der Waals surface area contributed by atoms with E-state index in [0.717, 1.165) is 37.9 Å². The summed E-state index contributed by atoms with van der Waals surface area (Å²) in [6.45, 7) is 2.80. The van der Waals surface area contributed by atoms with Gasteiger partial charge in [-0.3, -0.25) is 10.2 Å². The molecule has 1 atom stereocenters. The van der Waals surface area contributed by atoms with Gasteiger partial charge in [-0.15, -0.1) is 0 Å². The highest BCUT2D eigenvalue weighted by Gasteiger charge is 2.21. The van der Waals surface area contributed by atoms with E-state index in [1.807, 2.05) is 36.1 Å². The predicted molar refractivity (Wildman–Crippen MR) is 126 cm³/mol. The molecule has 0 unspecified atom stereocenters. The number of rotatable bonds is 7. The fraction of sp³-hybridized carbons (Fsp3) is 0.348. The molecular formula is C23H28ClN5O2. The van der Waals surface area contributed by atoms with Crippen molar-refractivity contribution in [2.45, 2.75) is 45.1 Å². The molecule has 1 saturated heterocycles. The number of carbonyl (C=O) groups is 2. The van der Waals surface area contributed by atoms with Crippen LogP contribution in [0.4, 0.5) is 21.9 Å². The summed E-state index contributed by atoms with van der Waals surface area (Å²) < 4.78 is 0. The van der Waals surface area contributed by atoms with E-state index < -0.39 is 12.1 Å². The molecule has 1 heterocycles. The Bertz CT molecular complexity index is 915. The standard InChI is InChI=1S/C23H28ClN5O2/c1-2-5-20(28-23(31)27-18-9-7-16(24)8-10-18)22(30)26-17-11-13-19(14-12-17)29-15-4-3-6-21(29)25/h7-14,20,25H,2-6,15H2,1H3,(H,26,30)(H2,27,28,31)/t20-/m1/s1. The van der Waals surface area contributed by atoms with Crippen LogP contribution in [0.5, 0.6) is 0 Å². The van der Waals surface area contributed by atoms with Crippen LogP contribution < -0.4 is 20.9 Å². The largest absolute Gasteiger partial charge is 0.330 e. The van der Waals surface area contributed by atoms with Gasteiger partial charge in [0.1, 0.15) is 11.9 Å². The Labute approximate surface area is 187 Å². The molecule has 31 heavy (non-hydrogen) atoms. The summed E-state index contributed by atoms with van der Waals surface area (Å²) in [7, 11) is 0. The molecule has 8 heteroatoms. The molecule has 164 valence electrons. The first-order valence-electron chi connectivity index (χ1n) is 10.5. The van der Waals surface area contributed by atoms with E-state index in [4.69, 9.17) is 17.0 Å². The highest BCUT2D eigenvalue weighted by atomic mass is 35.5. The summed E-state index contributed by atoms with van der Waals surface area (Å²) in [6.07, 6.45) is 4.18. The van der Waals surface area contributed by atoms with Crippen LogP contribution in [0, 0.1) is 5.41 Å². The van der Waals surface area contributed by atoms with Gasteiger partial charge in [0.15, 0.2) is 0 Å². The smallest absolute Gasteiger partial charge is 0.319 e. The van der Waals surface area contributed by atoms with Gasteiger partial charge in [-0.05, 0) is 67.8 Å². The van der Waals surface area contributed by atoms with Crippen LogP contribution in [0.2, 0.25) is 5.02 Å². The van der Waals surface area contributed by atoms with Gasteiger partial charge in [0.25, 0.3) is 0 Å². The van der Waals surface area contributed by atoms with Crippen molar-refractivity contribution >= 4 is 46.4 Å². The zero-order valence-electron chi connectivity index (χ0n) is 17.6. The Morgan fingerprint density at radius 2 is 1.68 bits per heavy atom. The molecule has 3 rings (SSSR count). The van der Waals surface area contributed by atoms with Crippen LogP contribution in [-0.2, 0) is 4.79 Å². The Kier molecular flexibility index (Phi) is 7.89. The Morgan fingerprint density at radius 3 is 2.32 bits per heavy atom. The summed E-state index contributed by atoms with van der Waals surface area (Å²) >= 11 is 5.86. The summed E-state index contributed by atoms with van der Waals surface area (Å²) in [4.78, 5) is 27.1. The third-order valence-electron chi connectivity index (χ3n) is 5.12. The van der Waals surface area contributed by atoms with Crippen molar-refractivity contribution in [2.24, 2.45) is 0 Å². The van der Waals surface area contributed by atoms with E-state index in [2.05, 4.69) is 16.0 Å². The number of hydrogen-bond donors (Lipinski definition) is 4. The third kappa shape index (κ3) is 6.46. The van der Waals surface area contributed by atoms with Gasteiger partial charge >= 0.3 is 6.03 Å². The second-order valence-corrected chi connectivity index (χ2v) is 7.97. The normalized spacial score (nSPS) is 14.6. The number of benzene rings is 2. The van der Waals surface area contributed by atoms with Crippen molar-refractivity contribution in [3.8, 4) is 0 Å². The van der Waals surface area contributed by atoms with Gasteiger partial charge in [-0.2, -0.15) is 0 Å². The zero-order valence-corrected chi connectivity index (χ0v) is 18.3. The van der Waals surface area contributed by atoms with Crippen LogP contribution in [0.15, 0.2) is 48.5 Å². The molecular weight excluding hydrogens is 414 g/mol. The van der Waals surface area contributed by atoms with Crippen molar-refractivity contribution in [1.29, 1.82) is 5.41 Å². The average Bonchev–Trinajstić information content (AvgIpc) is 2.76. The first-order valence-corrected chi connectivity index (χ1v) is 10.9. The number of piperidine rings is 1. The maximum absolute atomic E-state index is 12.8. The summed E-state index contributed by atoms with van der Waals surface area (Å²) in [5.74, 6) is 0.355. The van der Waals surface area contributed by atoms with E-state index in [-0.39, 0.29) is 5.91 Å². The van der Waals surface area contributed by atoms with E-state index in [9.17, 15) is 9.59 Å². The number of amides is 3. The van der Waals surface area contributed by atoms with Crippen molar-refractivity contribution < 1.29 is 9.59 Å². The van der Waals surface area contributed by atoms with E-state index in [1.54, 1.807) is 24.3 Å². The number of carbonyl (C=O) groups excluding carboxylic acids is 2. The maximum Gasteiger partial charge on any atom is 0.319 e. The van der Waals surface area contributed by atoms with Gasteiger partial charge in [-0.1, -0.05) is 24.9 Å².